The number of nitrogens with two attached hydrogens (primary N) is 1. The second kappa shape index (κ2) is 13.1. The first-order valence-corrected chi connectivity index (χ1v) is 13.1. The van der Waals surface area contributed by atoms with Crippen LogP contribution in [0.1, 0.15) is 12.0 Å². The average Bonchev–Trinajstić information content (AvgIpc) is 3.25. The van der Waals surface area contributed by atoms with E-state index in [4.69, 9.17) is 20.7 Å². The van der Waals surface area contributed by atoms with E-state index in [0.29, 0.717) is 36.4 Å². The lowest BCUT2D eigenvalue weighted by atomic mass is 10.0. The number of allylic oxidation sites excluding steroid dienone is 1. The fourth-order valence-corrected chi connectivity index (χ4v) is 5.39. The largest absolute Gasteiger partial charge is 0.543 e. The lowest BCUT2D eigenvalue weighted by Gasteiger charge is -2.49. The van der Waals surface area contributed by atoms with E-state index in [1.807, 2.05) is 12.1 Å². The van der Waals surface area contributed by atoms with Gasteiger partial charge < -0.3 is 36.1 Å². The number of hydrogen-bond donors (Lipinski definition) is 4. The Morgan fingerprint density at radius 3 is 2.44 bits per heavy atom. The van der Waals surface area contributed by atoms with Crippen molar-refractivity contribution in [2.45, 2.75) is 37.1 Å². The molecule has 2 atom stereocenters. The number of aliphatic hydroxyl groups excluding tert-OH is 1. The summed E-state index contributed by atoms with van der Waals surface area (Å²) in [4.78, 5) is 60.2. The van der Waals surface area contributed by atoms with Gasteiger partial charge in [-0.3, -0.25) is 19.3 Å². The first-order valence-electron chi connectivity index (χ1n) is 12.0. The number of halogens is 3. The molecule has 0 unspecified atom stereocenters. The van der Waals surface area contributed by atoms with Gasteiger partial charge in [0, 0.05) is 43.1 Å². The highest BCUT2D eigenvalue weighted by molar-refractivity contribution is 8.00. The van der Waals surface area contributed by atoms with Crippen LogP contribution in [0.25, 0.3) is 0 Å². The van der Waals surface area contributed by atoms with Crippen LogP contribution >= 0.6 is 11.8 Å². The Kier molecular flexibility index (Phi) is 10.1. The number of alkyl halides is 3. The van der Waals surface area contributed by atoms with Gasteiger partial charge in [0.05, 0.1) is 18.3 Å². The highest BCUT2D eigenvalue weighted by Gasteiger charge is 2.50. The standard InChI is InChI=1S/C22H25N5O6S.C2HF3O2/c23-17-20(31)27-18(22(32)33)15(12-34-21(17)27)9-14-3-7-26(19(14)30)10-13-1-5-25(6-2-13)11-16(29)24-4-8-28;3-2(4,5)1(6)7/h1-2,5-6,9,17,21,28H,3-4,7-8,10-12,23H2,(H-,24,29,32,33);(H,6,7)/t17-,21-;/m1./s1. The molecule has 5 N–H and O–H groups in total. The number of carbonyl (C=O) groups excluding carboxylic acids is 4. The number of nitrogens with one attached hydrogen (secondary N) is 1. The number of amides is 3. The predicted octanol–water partition coefficient (Wildman–Crippen LogP) is -2.38. The minimum Gasteiger partial charge on any atom is -0.543 e. The third-order valence-electron chi connectivity index (χ3n) is 6.13. The van der Waals surface area contributed by atoms with Crippen molar-refractivity contribution >= 4 is 41.4 Å². The van der Waals surface area contributed by atoms with E-state index in [1.54, 1.807) is 27.9 Å². The summed E-state index contributed by atoms with van der Waals surface area (Å²) < 4.78 is 33.4. The summed E-state index contributed by atoms with van der Waals surface area (Å²) in [5, 5.41) is 29.8. The van der Waals surface area contributed by atoms with Crippen molar-refractivity contribution in [2.75, 3.05) is 25.4 Å². The van der Waals surface area contributed by atoms with Gasteiger partial charge in [-0.05, 0) is 23.6 Å². The molecular formula is C24H26F3N5O8S. The van der Waals surface area contributed by atoms with Gasteiger partial charge in [-0.1, -0.05) is 0 Å². The van der Waals surface area contributed by atoms with Gasteiger partial charge in [-0.2, -0.15) is 17.7 Å². The number of hydrogen-bond acceptors (Lipinski definition) is 9. The molecule has 3 aliphatic heterocycles. The zero-order chi connectivity index (χ0) is 30.5. The van der Waals surface area contributed by atoms with Crippen LogP contribution in [0.5, 0.6) is 0 Å². The quantitative estimate of drug-likeness (QED) is 0.142. The molecule has 13 nitrogen and oxygen atoms in total. The SMILES string of the molecule is N[C@@H]1C(=O)N2C(C(=O)[O-])=C(C=C3CCN(Cc4cc[n+](CC(=O)NCCO)cc4)C3=O)CS[C@H]12.O=C(O)C(F)(F)F. The number of rotatable bonds is 8. The second-order valence-corrected chi connectivity index (χ2v) is 10.1. The van der Waals surface area contributed by atoms with Crippen LogP contribution < -0.4 is 20.7 Å². The number of nitrogens with zero attached hydrogens (tertiary/aromatic N) is 3. The Bertz CT molecular complexity index is 1280. The zero-order valence-corrected chi connectivity index (χ0v) is 22.1. The Balaban J connectivity index is 0.000000587. The molecule has 3 amide bonds. The molecule has 17 heteroatoms. The number of likely N-dealkylation sites (tertiary alicyclic amines) is 1. The number of pyridine rings is 1. The van der Waals surface area contributed by atoms with Crippen molar-refractivity contribution < 1.29 is 57.0 Å². The van der Waals surface area contributed by atoms with Crippen molar-refractivity contribution in [3.63, 3.8) is 0 Å². The lowest BCUT2D eigenvalue weighted by Crippen LogP contribution is -2.69. The van der Waals surface area contributed by atoms with E-state index in [2.05, 4.69) is 5.32 Å². The first kappa shape index (κ1) is 31.6. The Morgan fingerprint density at radius 1 is 1.24 bits per heavy atom. The molecule has 0 radical (unpaired) electrons. The monoisotopic (exact) mass is 601 g/mol. The molecule has 2 saturated heterocycles. The lowest BCUT2D eigenvalue weighted by molar-refractivity contribution is -0.684. The zero-order valence-electron chi connectivity index (χ0n) is 21.3. The molecule has 1 aromatic rings. The minimum absolute atomic E-state index is 0.120. The number of aliphatic hydroxyl groups is 1. The number of aromatic nitrogens is 1. The summed E-state index contributed by atoms with van der Waals surface area (Å²) in [5.74, 6) is -4.75. The molecule has 0 saturated carbocycles. The summed E-state index contributed by atoms with van der Waals surface area (Å²) >= 11 is 1.37. The van der Waals surface area contributed by atoms with E-state index in [1.165, 1.54) is 11.8 Å². The Labute approximate surface area is 235 Å². The molecule has 222 valence electrons. The normalized spacial score (nSPS) is 21.2. The van der Waals surface area contributed by atoms with Gasteiger partial charge >= 0.3 is 12.1 Å². The summed E-state index contributed by atoms with van der Waals surface area (Å²) in [6.07, 6.45) is 0.430. The third-order valence-corrected chi connectivity index (χ3v) is 7.45. The van der Waals surface area contributed by atoms with Crippen LogP contribution in [0, 0.1) is 0 Å². The van der Waals surface area contributed by atoms with Crippen LogP contribution in [0.15, 0.2) is 47.4 Å². The number of carbonyl (C=O) groups is 5. The van der Waals surface area contributed by atoms with E-state index in [-0.39, 0.29) is 37.2 Å². The highest BCUT2D eigenvalue weighted by atomic mass is 32.2. The summed E-state index contributed by atoms with van der Waals surface area (Å²) in [7, 11) is 0. The molecule has 0 bridgehead atoms. The summed E-state index contributed by atoms with van der Waals surface area (Å²) in [5.41, 5.74) is 7.30. The van der Waals surface area contributed by atoms with Gasteiger partial charge in [-0.15, -0.1) is 11.8 Å². The third kappa shape index (κ3) is 7.62. The number of fused-ring (bicyclic) bond motifs is 1. The van der Waals surface area contributed by atoms with Gasteiger partial charge in [0.1, 0.15) is 11.4 Å². The molecule has 3 aliphatic rings. The molecule has 0 aliphatic carbocycles. The van der Waals surface area contributed by atoms with Gasteiger partial charge in [-0.25, -0.2) is 4.79 Å². The first-order chi connectivity index (χ1) is 19.2. The van der Waals surface area contributed by atoms with Gasteiger partial charge in [0.2, 0.25) is 18.4 Å². The fourth-order valence-electron chi connectivity index (χ4n) is 4.14. The fraction of sp³-hybridized carbons (Fsp3) is 0.417. The molecule has 4 heterocycles. The Hall–Kier alpha value is -3.96. The smallest absolute Gasteiger partial charge is 0.490 e. The van der Waals surface area contributed by atoms with Gasteiger partial charge in [0.25, 0.3) is 5.91 Å². The highest BCUT2D eigenvalue weighted by Crippen LogP contribution is 2.40. The van der Waals surface area contributed by atoms with Crippen molar-refractivity contribution in [1.82, 2.24) is 15.1 Å². The van der Waals surface area contributed by atoms with Crippen LogP contribution in [0.4, 0.5) is 13.2 Å². The summed E-state index contributed by atoms with van der Waals surface area (Å²) in [6, 6.07) is 2.92. The van der Waals surface area contributed by atoms with Gasteiger partial charge in [0.15, 0.2) is 12.4 Å². The molecular weight excluding hydrogens is 575 g/mol. The van der Waals surface area contributed by atoms with Crippen LogP contribution in [-0.2, 0) is 37.1 Å². The second-order valence-electron chi connectivity index (χ2n) is 9.00. The summed E-state index contributed by atoms with van der Waals surface area (Å²) in [6.45, 7) is 1.06. The average molecular weight is 602 g/mol. The predicted molar refractivity (Wildman–Crippen MR) is 132 cm³/mol. The van der Waals surface area contributed by atoms with Crippen LogP contribution in [-0.4, -0.2) is 92.7 Å². The molecule has 0 aromatic carbocycles. The minimum atomic E-state index is -5.08. The maximum Gasteiger partial charge on any atom is 0.490 e. The van der Waals surface area contributed by atoms with E-state index >= 15 is 0 Å². The molecule has 4 rings (SSSR count). The van der Waals surface area contributed by atoms with Crippen molar-refractivity contribution in [1.29, 1.82) is 0 Å². The van der Waals surface area contributed by atoms with Crippen LogP contribution in [0.3, 0.4) is 0 Å². The molecule has 1 aromatic heterocycles. The van der Waals surface area contributed by atoms with Crippen molar-refractivity contribution in [3.8, 4) is 0 Å². The number of β-lactam (4-membered cyclic amide) rings is 1. The van der Waals surface area contributed by atoms with E-state index < -0.39 is 35.4 Å². The molecule has 41 heavy (non-hydrogen) atoms. The number of carboxylic acids is 2. The van der Waals surface area contributed by atoms with Crippen LogP contribution in [0.2, 0.25) is 0 Å². The molecule has 0 spiro atoms. The molecule has 2 fully saturated rings. The maximum atomic E-state index is 12.9. The van der Waals surface area contributed by atoms with Crippen molar-refractivity contribution in [3.05, 3.63) is 53.0 Å². The number of aliphatic carboxylic acids is 2. The number of carboxylic acid groups (broad SMARTS) is 2. The van der Waals surface area contributed by atoms with E-state index in [9.17, 15) is 37.5 Å². The van der Waals surface area contributed by atoms with Crippen molar-refractivity contribution in [2.24, 2.45) is 5.73 Å². The topological polar surface area (TPSA) is 197 Å². The van der Waals surface area contributed by atoms with E-state index in [0.717, 1.165) is 10.5 Å². The Morgan fingerprint density at radius 2 is 1.88 bits per heavy atom. The maximum absolute atomic E-state index is 12.9. The number of thioether (sulfide) groups is 1.